The number of aliphatic hydroxyl groups is 1. The maximum absolute atomic E-state index is 12.6. The Morgan fingerprint density at radius 1 is 1.12 bits per heavy atom. The van der Waals surface area contributed by atoms with Gasteiger partial charge in [-0.3, -0.25) is 4.79 Å². The number of thiazole rings is 1. The highest BCUT2D eigenvalue weighted by atomic mass is 32.1. The quantitative estimate of drug-likeness (QED) is 0.724. The Labute approximate surface area is 151 Å². The summed E-state index contributed by atoms with van der Waals surface area (Å²) < 4.78 is 1.19. The number of rotatable bonds is 6. The monoisotopic (exact) mass is 354 g/mol. The molecule has 0 fully saturated rings. The Balaban J connectivity index is 1.84. The van der Waals surface area contributed by atoms with E-state index >= 15 is 0 Å². The van der Waals surface area contributed by atoms with Gasteiger partial charge in [-0.1, -0.05) is 25.1 Å². The number of carbonyl (C=O) groups is 1. The lowest BCUT2D eigenvalue weighted by Crippen LogP contribution is -2.34. The maximum Gasteiger partial charge on any atom is 0.253 e. The Kier molecular flexibility index (Phi) is 5.46. The van der Waals surface area contributed by atoms with Crippen LogP contribution in [0.2, 0.25) is 0 Å². The highest BCUT2D eigenvalue weighted by Gasteiger charge is 2.14. The fourth-order valence-corrected chi connectivity index (χ4v) is 3.72. The van der Waals surface area contributed by atoms with Gasteiger partial charge >= 0.3 is 0 Å². The lowest BCUT2D eigenvalue weighted by atomic mass is 10.0. The SMILES string of the molecule is CCCN(CCO)C(=O)c1ccc(-c2ccc3sc(C)nc3c2)cc1. The summed E-state index contributed by atoms with van der Waals surface area (Å²) >= 11 is 1.69. The van der Waals surface area contributed by atoms with Gasteiger partial charge in [0.05, 0.1) is 21.8 Å². The molecular weight excluding hydrogens is 332 g/mol. The number of fused-ring (bicyclic) bond motifs is 1. The van der Waals surface area contributed by atoms with Crippen LogP contribution in [0.4, 0.5) is 0 Å². The first-order valence-corrected chi connectivity index (χ1v) is 9.31. The van der Waals surface area contributed by atoms with E-state index in [2.05, 4.69) is 23.2 Å². The Hall–Kier alpha value is -2.24. The molecule has 5 heteroatoms. The molecule has 130 valence electrons. The van der Waals surface area contributed by atoms with E-state index < -0.39 is 0 Å². The van der Waals surface area contributed by atoms with Crippen LogP contribution in [0.25, 0.3) is 21.3 Å². The number of aromatic nitrogens is 1. The minimum atomic E-state index is -0.0342. The van der Waals surface area contributed by atoms with Crippen LogP contribution in [0, 0.1) is 6.92 Å². The molecule has 0 aliphatic heterocycles. The molecule has 25 heavy (non-hydrogen) atoms. The van der Waals surface area contributed by atoms with Crippen LogP contribution in [0.15, 0.2) is 42.5 Å². The van der Waals surface area contributed by atoms with Gasteiger partial charge in [-0.05, 0) is 48.7 Å². The maximum atomic E-state index is 12.6. The third-order valence-electron chi connectivity index (χ3n) is 4.11. The normalized spacial score (nSPS) is 11.0. The molecule has 0 saturated carbocycles. The number of nitrogens with zero attached hydrogens (tertiary/aromatic N) is 2. The summed E-state index contributed by atoms with van der Waals surface area (Å²) in [5.74, 6) is -0.0342. The fourth-order valence-electron chi connectivity index (χ4n) is 2.92. The van der Waals surface area contributed by atoms with Crippen LogP contribution in [0.1, 0.15) is 28.7 Å². The predicted molar refractivity (Wildman–Crippen MR) is 103 cm³/mol. The summed E-state index contributed by atoms with van der Waals surface area (Å²) in [6.07, 6.45) is 0.872. The van der Waals surface area contributed by atoms with Gasteiger partial charge in [-0.2, -0.15) is 0 Å². The van der Waals surface area contributed by atoms with Crippen molar-refractivity contribution in [2.75, 3.05) is 19.7 Å². The van der Waals surface area contributed by atoms with E-state index in [4.69, 9.17) is 5.11 Å². The molecule has 0 spiro atoms. The average molecular weight is 354 g/mol. The third-order valence-corrected chi connectivity index (χ3v) is 5.06. The first kappa shape index (κ1) is 17.6. The standard InChI is InChI=1S/C20H22N2O2S/c1-3-10-22(11-12-23)20(24)16-6-4-15(5-7-16)17-8-9-19-18(13-17)21-14(2)25-19/h4-9,13,23H,3,10-12H2,1-2H3. The number of aliphatic hydroxyl groups excluding tert-OH is 1. The minimum absolute atomic E-state index is 0.0170. The molecule has 0 radical (unpaired) electrons. The molecular formula is C20H22N2O2S. The summed E-state index contributed by atoms with van der Waals surface area (Å²) in [5.41, 5.74) is 3.82. The second-order valence-electron chi connectivity index (χ2n) is 6.01. The van der Waals surface area contributed by atoms with Crippen molar-refractivity contribution in [3.63, 3.8) is 0 Å². The molecule has 0 bridgehead atoms. The van der Waals surface area contributed by atoms with E-state index in [9.17, 15) is 4.79 Å². The van der Waals surface area contributed by atoms with Crippen molar-refractivity contribution in [2.24, 2.45) is 0 Å². The summed E-state index contributed by atoms with van der Waals surface area (Å²) in [6.45, 7) is 5.04. The highest BCUT2D eigenvalue weighted by Crippen LogP contribution is 2.28. The van der Waals surface area contributed by atoms with Gasteiger partial charge in [0.1, 0.15) is 0 Å². The van der Waals surface area contributed by atoms with Crippen molar-refractivity contribution in [2.45, 2.75) is 20.3 Å². The molecule has 1 amide bonds. The van der Waals surface area contributed by atoms with Crippen molar-refractivity contribution in [3.05, 3.63) is 53.0 Å². The predicted octanol–water partition coefficient (Wildman–Crippen LogP) is 4.12. The van der Waals surface area contributed by atoms with E-state index in [-0.39, 0.29) is 12.5 Å². The van der Waals surface area contributed by atoms with Crippen LogP contribution < -0.4 is 0 Å². The molecule has 4 nitrogen and oxygen atoms in total. The Bertz CT molecular complexity index is 865. The van der Waals surface area contributed by atoms with Crippen LogP contribution >= 0.6 is 11.3 Å². The summed E-state index contributed by atoms with van der Waals surface area (Å²) in [5, 5.41) is 10.2. The Morgan fingerprint density at radius 2 is 1.84 bits per heavy atom. The van der Waals surface area contributed by atoms with Gasteiger partial charge in [-0.15, -0.1) is 11.3 Å². The van der Waals surface area contributed by atoms with Gasteiger partial charge in [0.15, 0.2) is 0 Å². The van der Waals surface area contributed by atoms with Gasteiger partial charge < -0.3 is 10.0 Å². The van der Waals surface area contributed by atoms with Crippen molar-refractivity contribution in [1.29, 1.82) is 0 Å². The molecule has 3 aromatic rings. The fraction of sp³-hybridized carbons (Fsp3) is 0.300. The van der Waals surface area contributed by atoms with E-state index in [0.717, 1.165) is 28.1 Å². The van der Waals surface area contributed by atoms with Crippen molar-refractivity contribution >= 4 is 27.5 Å². The van der Waals surface area contributed by atoms with E-state index in [1.54, 1.807) is 16.2 Å². The summed E-state index contributed by atoms with van der Waals surface area (Å²) in [6, 6.07) is 13.9. The molecule has 1 aromatic heterocycles. The molecule has 0 aliphatic rings. The second-order valence-corrected chi connectivity index (χ2v) is 7.24. The zero-order valence-corrected chi connectivity index (χ0v) is 15.3. The molecule has 0 atom stereocenters. The molecule has 3 rings (SSSR count). The van der Waals surface area contributed by atoms with Crippen molar-refractivity contribution in [1.82, 2.24) is 9.88 Å². The molecule has 0 unspecified atom stereocenters. The summed E-state index contributed by atoms with van der Waals surface area (Å²) in [4.78, 5) is 18.8. The minimum Gasteiger partial charge on any atom is -0.395 e. The number of carbonyl (C=O) groups excluding carboxylic acids is 1. The van der Waals surface area contributed by atoms with Gasteiger partial charge in [-0.25, -0.2) is 4.98 Å². The van der Waals surface area contributed by atoms with Crippen LogP contribution in [-0.4, -0.2) is 40.6 Å². The molecule has 1 heterocycles. The van der Waals surface area contributed by atoms with Gasteiger partial charge in [0.25, 0.3) is 5.91 Å². The number of hydrogen-bond donors (Lipinski definition) is 1. The highest BCUT2D eigenvalue weighted by molar-refractivity contribution is 7.18. The van der Waals surface area contributed by atoms with Gasteiger partial charge in [0.2, 0.25) is 0 Å². The van der Waals surface area contributed by atoms with Crippen molar-refractivity contribution < 1.29 is 9.90 Å². The number of benzene rings is 2. The zero-order valence-electron chi connectivity index (χ0n) is 14.5. The Morgan fingerprint density at radius 3 is 2.52 bits per heavy atom. The first-order chi connectivity index (χ1) is 12.1. The number of aryl methyl sites for hydroxylation is 1. The lowest BCUT2D eigenvalue weighted by Gasteiger charge is -2.21. The largest absolute Gasteiger partial charge is 0.395 e. The molecule has 0 saturated heterocycles. The van der Waals surface area contributed by atoms with E-state index in [1.165, 1.54) is 4.70 Å². The zero-order chi connectivity index (χ0) is 17.8. The van der Waals surface area contributed by atoms with E-state index in [1.807, 2.05) is 38.1 Å². The topological polar surface area (TPSA) is 53.4 Å². The van der Waals surface area contributed by atoms with Crippen LogP contribution in [0.3, 0.4) is 0 Å². The first-order valence-electron chi connectivity index (χ1n) is 8.50. The molecule has 0 aliphatic carbocycles. The van der Waals surface area contributed by atoms with Gasteiger partial charge in [0, 0.05) is 18.7 Å². The number of amides is 1. The molecule has 1 N–H and O–H groups in total. The third kappa shape index (κ3) is 3.89. The smallest absolute Gasteiger partial charge is 0.253 e. The lowest BCUT2D eigenvalue weighted by molar-refractivity contribution is 0.0722. The van der Waals surface area contributed by atoms with Crippen molar-refractivity contribution in [3.8, 4) is 11.1 Å². The number of hydrogen-bond acceptors (Lipinski definition) is 4. The van der Waals surface area contributed by atoms with Crippen LogP contribution in [-0.2, 0) is 0 Å². The van der Waals surface area contributed by atoms with E-state index in [0.29, 0.717) is 18.7 Å². The molecule has 2 aromatic carbocycles. The average Bonchev–Trinajstić information content (AvgIpc) is 3.00. The second kappa shape index (κ2) is 7.76. The summed E-state index contributed by atoms with van der Waals surface area (Å²) in [7, 11) is 0. The van der Waals surface area contributed by atoms with Crippen LogP contribution in [0.5, 0.6) is 0 Å².